The van der Waals surface area contributed by atoms with Gasteiger partial charge in [-0.15, -0.1) is 0 Å². The number of fused-ring (bicyclic) bond motifs is 1. The lowest BCUT2D eigenvalue weighted by Gasteiger charge is -2.32. The van der Waals surface area contributed by atoms with Crippen LogP contribution in [0.25, 0.3) is 11.1 Å². The van der Waals surface area contributed by atoms with Crippen molar-refractivity contribution in [1.82, 2.24) is 4.31 Å². The highest BCUT2D eigenvalue weighted by molar-refractivity contribution is 7.89. The first-order valence-corrected chi connectivity index (χ1v) is 13.4. The van der Waals surface area contributed by atoms with Gasteiger partial charge < -0.3 is 10.1 Å². The van der Waals surface area contributed by atoms with Crippen molar-refractivity contribution in [2.75, 3.05) is 25.0 Å². The van der Waals surface area contributed by atoms with Crippen LogP contribution in [-0.4, -0.2) is 38.3 Å². The summed E-state index contributed by atoms with van der Waals surface area (Å²) in [6.07, 6.45) is 1.55. The smallest absolute Gasteiger partial charge is 0.262 e. The van der Waals surface area contributed by atoms with Crippen LogP contribution in [0.5, 0.6) is 5.75 Å². The number of hydrogen-bond acceptors (Lipinski definition) is 4. The third kappa shape index (κ3) is 4.46. The number of sulfonamides is 1. The second-order valence-electron chi connectivity index (χ2n) is 9.50. The number of hydrogen-bond donors (Lipinski definition) is 1. The van der Waals surface area contributed by atoms with E-state index in [-0.39, 0.29) is 17.4 Å². The molecule has 0 bridgehead atoms. The van der Waals surface area contributed by atoms with Gasteiger partial charge in [-0.25, -0.2) is 8.42 Å². The summed E-state index contributed by atoms with van der Waals surface area (Å²) in [5, 5.41) is 2.73. The second kappa shape index (κ2) is 9.13. The van der Waals surface area contributed by atoms with Crippen molar-refractivity contribution in [3.63, 3.8) is 0 Å². The Labute approximate surface area is 207 Å². The van der Waals surface area contributed by atoms with Crippen LogP contribution in [0.15, 0.2) is 59.5 Å². The van der Waals surface area contributed by atoms with Gasteiger partial charge >= 0.3 is 0 Å². The Morgan fingerprint density at radius 2 is 1.66 bits per heavy atom. The second-order valence-corrected chi connectivity index (χ2v) is 11.4. The molecule has 1 amide bonds. The van der Waals surface area contributed by atoms with Gasteiger partial charge in [0.25, 0.3) is 5.91 Å². The molecule has 5 rings (SSSR count). The van der Waals surface area contributed by atoms with Crippen molar-refractivity contribution in [1.29, 1.82) is 0 Å². The lowest BCUT2D eigenvalue weighted by atomic mass is 9.88. The topological polar surface area (TPSA) is 75.7 Å². The Kier molecular flexibility index (Phi) is 6.15. The average Bonchev–Trinajstić information content (AvgIpc) is 2.85. The summed E-state index contributed by atoms with van der Waals surface area (Å²) in [6.45, 7) is 6.87. The largest absolute Gasteiger partial charge is 0.482 e. The molecule has 2 aliphatic heterocycles. The van der Waals surface area contributed by atoms with Gasteiger partial charge in [0, 0.05) is 19.2 Å². The molecule has 1 fully saturated rings. The number of benzene rings is 3. The summed E-state index contributed by atoms with van der Waals surface area (Å²) in [6, 6.07) is 18.3. The molecule has 0 unspecified atom stereocenters. The van der Waals surface area contributed by atoms with Crippen LogP contribution in [0.4, 0.5) is 5.69 Å². The van der Waals surface area contributed by atoms with E-state index in [0.29, 0.717) is 36.0 Å². The number of rotatable bonds is 4. The van der Waals surface area contributed by atoms with E-state index < -0.39 is 10.0 Å². The molecule has 182 valence electrons. The minimum atomic E-state index is -3.66. The Bertz CT molecular complexity index is 1390. The Balaban J connectivity index is 1.30. The highest BCUT2D eigenvalue weighted by atomic mass is 32.2. The average molecular weight is 491 g/mol. The Hall–Kier alpha value is -3.16. The minimum Gasteiger partial charge on any atom is -0.482 e. The number of piperidine rings is 1. The molecule has 35 heavy (non-hydrogen) atoms. The van der Waals surface area contributed by atoms with Gasteiger partial charge in [-0.2, -0.15) is 4.31 Å². The molecule has 0 aromatic heterocycles. The fourth-order valence-corrected chi connectivity index (χ4v) is 6.75. The zero-order valence-electron chi connectivity index (χ0n) is 20.3. The van der Waals surface area contributed by atoms with E-state index in [1.807, 2.05) is 0 Å². The third-order valence-corrected chi connectivity index (χ3v) is 9.32. The number of aryl methyl sites for hydroxylation is 2. The first kappa shape index (κ1) is 23.6. The lowest BCUT2D eigenvalue weighted by Crippen LogP contribution is -2.38. The zero-order chi connectivity index (χ0) is 24.7. The van der Waals surface area contributed by atoms with Crippen LogP contribution in [0.2, 0.25) is 0 Å². The van der Waals surface area contributed by atoms with Gasteiger partial charge in [0.15, 0.2) is 6.61 Å². The van der Waals surface area contributed by atoms with E-state index in [1.165, 1.54) is 33.9 Å². The Morgan fingerprint density at radius 3 is 2.37 bits per heavy atom. The predicted octanol–water partition coefficient (Wildman–Crippen LogP) is 5.18. The summed E-state index contributed by atoms with van der Waals surface area (Å²) in [5.74, 6) is 0.488. The van der Waals surface area contributed by atoms with Gasteiger partial charge in [-0.3, -0.25) is 4.79 Å². The molecule has 7 heteroatoms. The van der Waals surface area contributed by atoms with Crippen molar-refractivity contribution >= 4 is 21.6 Å². The maximum absolute atomic E-state index is 13.4. The van der Waals surface area contributed by atoms with Crippen LogP contribution >= 0.6 is 0 Å². The molecule has 0 atom stereocenters. The number of carbonyl (C=O) groups is 1. The Morgan fingerprint density at radius 1 is 0.943 bits per heavy atom. The summed E-state index contributed by atoms with van der Waals surface area (Å²) < 4.78 is 33.9. The molecule has 2 aliphatic rings. The van der Waals surface area contributed by atoms with Crippen LogP contribution in [0.3, 0.4) is 0 Å². The summed E-state index contributed by atoms with van der Waals surface area (Å²) in [5.41, 5.74) is 7.40. The molecule has 0 spiro atoms. The highest BCUT2D eigenvalue weighted by Crippen LogP contribution is 2.37. The van der Waals surface area contributed by atoms with Crippen LogP contribution in [0.1, 0.15) is 41.0 Å². The summed E-state index contributed by atoms with van der Waals surface area (Å²) in [7, 11) is -3.66. The van der Waals surface area contributed by atoms with Crippen LogP contribution in [-0.2, 0) is 14.8 Å². The van der Waals surface area contributed by atoms with Crippen molar-refractivity contribution in [2.24, 2.45) is 0 Å². The van der Waals surface area contributed by atoms with Crippen molar-refractivity contribution in [2.45, 2.75) is 44.4 Å². The van der Waals surface area contributed by atoms with E-state index in [2.05, 4.69) is 61.6 Å². The molecule has 6 nitrogen and oxygen atoms in total. The fourth-order valence-electron chi connectivity index (χ4n) is 5.06. The van der Waals surface area contributed by atoms with Crippen LogP contribution in [0, 0.1) is 20.8 Å². The zero-order valence-corrected chi connectivity index (χ0v) is 21.1. The quantitative estimate of drug-likeness (QED) is 0.547. The maximum Gasteiger partial charge on any atom is 0.262 e. The standard InChI is InChI=1S/C28H30N2O4S/c1-18-5-4-6-24(20(18)3)23-9-7-21(8-10-23)22-11-13-30(14-12-22)35(32,33)27-16-26-25(15-19(27)2)29-28(31)17-34-26/h4-10,15-16,22H,11-14,17H2,1-3H3,(H,29,31). The summed E-state index contributed by atoms with van der Waals surface area (Å²) >= 11 is 0. The molecular weight excluding hydrogens is 460 g/mol. The lowest BCUT2D eigenvalue weighted by molar-refractivity contribution is -0.118. The first-order valence-electron chi connectivity index (χ1n) is 12.0. The van der Waals surface area contributed by atoms with Gasteiger partial charge in [-0.05, 0) is 79.0 Å². The van der Waals surface area contributed by atoms with Gasteiger partial charge in [0.2, 0.25) is 10.0 Å². The number of anilines is 1. The fraction of sp³-hybridized carbons (Fsp3) is 0.321. The molecule has 0 radical (unpaired) electrons. The molecule has 0 aliphatic carbocycles. The normalized spacial score (nSPS) is 16.9. The van der Waals surface area contributed by atoms with Crippen LogP contribution < -0.4 is 10.1 Å². The minimum absolute atomic E-state index is 0.108. The first-order chi connectivity index (χ1) is 16.7. The molecule has 1 saturated heterocycles. The maximum atomic E-state index is 13.4. The van der Waals surface area contributed by atoms with Crippen molar-refractivity contribution < 1.29 is 17.9 Å². The predicted molar refractivity (Wildman–Crippen MR) is 137 cm³/mol. The summed E-state index contributed by atoms with van der Waals surface area (Å²) in [4.78, 5) is 11.8. The van der Waals surface area contributed by atoms with Gasteiger partial charge in [-0.1, -0.05) is 42.5 Å². The monoisotopic (exact) mass is 490 g/mol. The number of amides is 1. The van der Waals surface area contributed by atoms with E-state index in [1.54, 1.807) is 17.3 Å². The number of nitrogens with zero attached hydrogens (tertiary/aromatic N) is 1. The van der Waals surface area contributed by atoms with Gasteiger partial charge in [0.05, 0.1) is 10.6 Å². The molecular formula is C28H30N2O4S. The van der Waals surface area contributed by atoms with E-state index in [9.17, 15) is 13.2 Å². The molecule has 2 heterocycles. The number of carbonyl (C=O) groups excluding carboxylic acids is 1. The van der Waals surface area contributed by atoms with Crippen molar-refractivity contribution in [3.05, 3.63) is 76.9 Å². The molecule has 1 N–H and O–H groups in total. The van der Waals surface area contributed by atoms with E-state index in [4.69, 9.17) is 4.74 Å². The third-order valence-electron chi connectivity index (χ3n) is 7.28. The number of nitrogens with one attached hydrogen (secondary N) is 1. The molecule has 0 saturated carbocycles. The van der Waals surface area contributed by atoms with E-state index in [0.717, 1.165) is 12.8 Å². The van der Waals surface area contributed by atoms with Crippen molar-refractivity contribution in [3.8, 4) is 16.9 Å². The number of ether oxygens (including phenoxy) is 1. The highest BCUT2D eigenvalue weighted by Gasteiger charge is 2.32. The van der Waals surface area contributed by atoms with E-state index >= 15 is 0 Å². The van der Waals surface area contributed by atoms with Gasteiger partial charge in [0.1, 0.15) is 5.75 Å². The molecule has 3 aromatic carbocycles. The molecule has 3 aromatic rings. The SMILES string of the molecule is Cc1cc2c(cc1S(=O)(=O)N1CCC(c3ccc(-c4cccc(C)c4C)cc3)CC1)OCC(=O)N2.